The van der Waals surface area contributed by atoms with E-state index in [2.05, 4.69) is 17.3 Å². The quantitative estimate of drug-likeness (QED) is 0.750. The second-order valence-electron chi connectivity index (χ2n) is 4.24. The Morgan fingerprint density at radius 3 is 2.75 bits per heavy atom. The fraction of sp³-hybridized carbons (Fsp3) is 0.727. The van der Waals surface area contributed by atoms with E-state index < -0.39 is 5.60 Å². The fourth-order valence-corrected chi connectivity index (χ4v) is 2.14. The van der Waals surface area contributed by atoms with Crippen molar-refractivity contribution in [3.05, 3.63) is 16.9 Å². The molecule has 4 nitrogen and oxygen atoms in total. The Hall–Kier alpha value is -0.580. The molecule has 1 unspecified atom stereocenters. The molecular formula is C11H20ClN3O. The highest BCUT2D eigenvalue weighted by Crippen LogP contribution is 2.29. The predicted octanol–water partition coefficient (Wildman–Crippen LogP) is 1.67. The number of nitrogens with zero attached hydrogens (tertiary/aromatic N) is 2. The van der Waals surface area contributed by atoms with E-state index in [1.165, 1.54) is 0 Å². The minimum absolute atomic E-state index is 0.517. The molecule has 0 radical (unpaired) electrons. The zero-order valence-corrected chi connectivity index (χ0v) is 10.9. The van der Waals surface area contributed by atoms with Crippen molar-refractivity contribution in [2.45, 2.75) is 32.3 Å². The summed E-state index contributed by atoms with van der Waals surface area (Å²) in [6.45, 7) is 5.62. The summed E-state index contributed by atoms with van der Waals surface area (Å²) in [4.78, 5) is 0. The van der Waals surface area contributed by atoms with Crippen LogP contribution >= 0.6 is 11.6 Å². The number of rotatable bonds is 6. The van der Waals surface area contributed by atoms with Crippen molar-refractivity contribution in [2.24, 2.45) is 7.05 Å². The summed E-state index contributed by atoms with van der Waals surface area (Å²) >= 11 is 6.01. The average Bonchev–Trinajstić information content (AvgIpc) is 2.54. The van der Waals surface area contributed by atoms with Gasteiger partial charge in [-0.25, -0.2) is 0 Å². The number of aromatic nitrogens is 2. The molecule has 1 heterocycles. The van der Waals surface area contributed by atoms with Crippen LogP contribution in [0.1, 0.15) is 32.4 Å². The number of halogens is 1. The van der Waals surface area contributed by atoms with E-state index in [0.29, 0.717) is 17.1 Å². The molecule has 92 valence electrons. The van der Waals surface area contributed by atoms with Crippen LogP contribution in [-0.4, -0.2) is 28.0 Å². The molecule has 0 spiro atoms. The van der Waals surface area contributed by atoms with Gasteiger partial charge in [0.1, 0.15) is 5.60 Å². The van der Waals surface area contributed by atoms with Crippen molar-refractivity contribution in [1.29, 1.82) is 0 Å². The van der Waals surface area contributed by atoms with Crippen molar-refractivity contribution in [3.8, 4) is 0 Å². The zero-order valence-electron chi connectivity index (χ0n) is 10.1. The zero-order chi connectivity index (χ0) is 12.2. The van der Waals surface area contributed by atoms with Crippen molar-refractivity contribution in [1.82, 2.24) is 15.1 Å². The Morgan fingerprint density at radius 1 is 1.56 bits per heavy atom. The third-order valence-electron chi connectivity index (χ3n) is 2.62. The second kappa shape index (κ2) is 5.66. The monoisotopic (exact) mass is 245 g/mol. The Kier molecular flexibility index (Phi) is 4.77. The molecule has 0 aliphatic heterocycles. The lowest BCUT2D eigenvalue weighted by atomic mass is 9.98. The summed E-state index contributed by atoms with van der Waals surface area (Å²) in [7, 11) is 1.79. The summed E-state index contributed by atoms with van der Waals surface area (Å²) in [6.07, 6.45) is 3.27. The van der Waals surface area contributed by atoms with Gasteiger partial charge in [-0.3, -0.25) is 4.68 Å². The first-order valence-corrected chi connectivity index (χ1v) is 5.98. The maximum absolute atomic E-state index is 10.4. The largest absolute Gasteiger partial charge is 0.384 e. The molecule has 1 aromatic rings. The molecule has 5 heteroatoms. The maximum Gasteiger partial charge on any atom is 0.106 e. The predicted molar refractivity (Wildman–Crippen MR) is 65.6 cm³/mol. The summed E-state index contributed by atoms with van der Waals surface area (Å²) in [5.74, 6) is 0. The third-order valence-corrected chi connectivity index (χ3v) is 2.90. The molecule has 0 saturated heterocycles. The van der Waals surface area contributed by atoms with E-state index in [9.17, 15) is 5.11 Å². The van der Waals surface area contributed by atoms with Gasteiger partial charge >= 0.3 is 0 Å². The lowest BCUT2D eigenvalue weighted by Crippen LogP contribution is -2.30. The summed E-state index contributed by atoms with van der Waals surface area (Å²) in [5, 5.41) is 18.2. The van der Waals surface area contributed by atoms with Crippen LogP contribution in [-0.2, 0) is 12.6 Å². The van der Waals surface area contributed by atoms with Gasteiger partial charge in [-0.2, -0.15) is 5.10 Å². The van der Waals surface area contributed by atoms with E-state index >= 15 is 0 Å². The van der Waals surface area contributed by atoms with Gasteiger partial charge in [0.25, 0.3) is 0 Å². The molecule has 1 atom stereocenters. The molecule has 0 aliphatic rings. The van der Waals surface area contributed by atoms with E-state index in [0.717, 1.165) is 19.5 Å². The molecule has 2 N–H and O–H groups in total. The molecule has 1 rings (SSSR count). The molecule has 0 aromatic carbocycles. The van der Waals surface area contributed by atoms with Crippen molar-refractivity contribution in [3.63, 3.8) is 0 Å². The highest BCUT2D eigenvalue weighted by atomic mass is 35.5. The topological polar surface area (TPSA) is 50.1 Å². The van der Waals surface area contributed by atoms with E-state index in [1.54, 1.807) is 24.9 Å². The van der Waals surface area contributed by atoms with Crippen molar-refractivity contribution < 1.29 is 5.11 Å². The van der Waals surface area contributed by atoms with E-state index in [-0.39, 0.29) is 0 Å². The van der Waals surface area contributed by atoms with Crippen LogP contribution in [0.2, 0.25) is 5.02 Å². The van der Waals surface area contributed by atoms with E-state index in [1.807, 2.05) is 0 Å². The SMILES string of the molecule is CCCNCCC(C)(O)c1c(Cl)cnn1C. The van der Waals surface area contributed by atoms with Crippen LogP contribution in [0.15, 0.2) is 6.20 Å². The van der Waals surface area contributed by atoms with Gasteiger partial charge in [0, 0.05) is 7.05 Å². The standard InChI is InChI=1S/C11H20ClN3O/c1-4-6-13-7-5-11(2,16)10-9(12)8-14-15(10)3/h8,13,16H,4-7H2,1-3H3. The Balaban J connectivity index is 2.63. The molecule has 0 amide bonds. The van der Waals surface area contributed by atoms with E-state index in [4.69, 9.17) is 11.6 Å². The van der Waals surface area contributed by atoms with Gasteiger partial charge in [-0.15, -0.1) is 0 Å². The lowest BCUT2D eigenvalue weighted by Gasteiger charge is -2.24. The fourth-order valence-electron chi connectivity index (χ4n) is 1.77. The highest BCUT2D eigenvalue weighted by Gasteiger charge is 2.28. The van der Waals surface area contributed by atoms with Crippen molar-refractivity contribution >= 4 is 11.6 Å². The van der Waals surface area contributed by atoms with Gasteiger partial charge in [-0.1, -0.05) is 18.5 Å². The number of hydrogen-bond donors (Lipinski definition) is 2. The second-order valence-corrected chi connectivity index (χ2v) is 4.65. The van der Waals surface area contributed by atoms with Gasteiger partial charge in [0.2, 0.25) is 0 Å². The minimum atomic E-state index is -0.941. The van der Waals surface area contributed by atoms with Crippen molar-refractivity contribution in [2.75, 3.05) is 13.1 Å². The maximum atomic E-state index is 10.4. The Labute approximate surface area is 102 Å². The summed E-state index contributed by atoms with van der Waals surface area (Å²) in [5.41, 5.74) is -0.268. The van der Waals surface area contributed by atoms with Crippen LogP contribution in [0.3, 0.4) is 0 Å². The molecule has 0 aliphatic carbocycles. The van der Waals surface area contributed by atoms with Crippen LogP contribution in [0.5, 0.6) is 0 Å². The molecule has 1 aromatic heterocycles. The normalized spacial score (nSPS) is 15.1. The molecule has 0 fully saturated rings. The van der Waals surface area contributed by atoms with Gasteiger partial charge in [0.05, 0.1) is 16.9 Å². The number of aryl methyl sites for hydroxylation is 1. The Morgan fingerprint density at radius 2 is 2.25 bits per heavy atom. The van der Waals surface area contributed by atoms with Crippen LogP contribution in [0, 0.1) is 0 Å². The molecule has 16 heavy (non-hydrogen) atoms. The number of nitrogens with one attached hydrogen (secondary N) is 1. The first-order valence-electron chi connectivity index (χ1n) is 5.60. The molecule has 0 bridgehead atoms. The minimum Gasteiger partial charge on any atom is -0.384 e. The lowest BCUT2D eigenvalue weighted by molar-refractivity contribution is 0.0398. The van der Waals surface area contributed by atoms with Gasteiger partial charge < -0.3 is 10.4 Å². The first kappa shape index (κ1) is 13.5. The molecule has 0 saturated carbocycles. The number of hydrogen-bond acceptors (Lipinski definition) is 3. The van der Waals surface area contributed by atoms with Gasteiger partial charge in [0.15, 0.2) is 0 Å². The van der Waals surface area contributed by atoms with Crippen LogP contribution in [0.25, 0.3) is 0 Å². The Bertz CT molecular complexity index is 316. The smallest absolute Gasteiger partial charge is 0.106 e. The summed E-state index contributed by atoms with van der Waals surface area (Å²) < 4.78 is 1.63. The van der Waals surface area contributed by atoms with Gasteiger partial charge in [-0.05, 0) is 32.9 Å². The average molecular weight is 246 g/mol. The summed E-state index contributed by atoms with van der Waals surface area (Å²) in [6, 6.07) is 0. The first-order chi connectivity index (χ1) is 7.49. The van der Waals surface area contributed by atoms with Crippen LogP contribution < -0.4 is 5.32 Å². The third kappa shape index (κ3) is 3.20. The highest BCUT2D eigenvalue weighted by molar-refractivity contribution is 6.31. The number of aliphatic hydroxyl groups is 1. The van der Waals surface area contributed by atoms with Crippen LogP contribution in [0.4, 0.5) is 0 Å². The molecular weight excluding hydrogens is 226 g/mol.